The van der Waals surface area contributed by atoms with Gasteiger partial charge >= 0.3 is 0 Å². The number of amides is 2. The molecule has 1 aliphatic heterocycles. The average Bonchev–Trinajstić information content (AvgIpc) is 3.19. The lowest BCUT2D eigenvalue weighted by Gasteiger charge is -2.54. The van der Waals surface area contributed by atoms with Crippen molar-refractivity contribution in [1.29, 1.82) is 0 Å². The van der Waals surface area contributed by atoms with Gasteiger partial charge in [-0.3, -0.25) is 9.59 Å². The minimum absolute atomic E-state index is 0.0166. The van der Waals surface area contributed by atoms with E-state index in [-0.39, 0.29) is 17.6 Å². The summed E-state index contributed by atoms with van der Waals surface area (Å²) in [5, 5.41) is 13.0. The van der Waals surface area contributed by atoms with Crippen molar-refractivity contribution in [3.05, 3.63) is 29.8 Å². The first-order chi connectivity index (χ1) is 14.5. The maximum atomic E-state index is 13.2. The molecule has 6 rings (SSSR count). The lowest BCUT2D eigenvalue weighted by atomic mass is 9.54. The first kappa shape index (κ1) is 19.9. The number of carbonyl (C=O) groups is 2. The van der Waals surface area contributed by atoms with Gasteiger partial charge in [-0.15, -0.1) is 0 Å². The molecule has 0 spiro atoms. The predicted molar refractivity (Wildman–Crippen MR) is 113 cm³/mol. The zero-order valence-electron chi connectivity index (χ0n) is 17.5. The smallest absolute Gasteiger partial charge is 0.243 e. The van der Waals surface area contributed by atoms with Gasteiger partial charge in [-0.1, -0.05) is 12.1 Å². The SMILES string of the molecule is NC(Cc1cccc(O)c1)C(=O)N1CCC[C@@H]1C(=O)NC1C2CC3CC(C2)CC1C3. The summed E-state index contributed by atoms with van der Waals surface area (Å²) in [4.78, 5) is 27.9. The second kappa shape index (κ2) is 7.88. The number of benzene rings is 1. The zero-order chi connectivity index (χ0) is 20.8. The molecule has 6 nitrogen and oxygen atoms in total. The molecule has 1 aromatic carbocycles. The highest BCUT2D eigenvalue weighted by Gasteiger charge is 2.49. The van der Waals surface area contributed by atoms with E-state index in [9.17, 15) is 14.7 Å². The van der Waals surface area contributed by atoms with E-state index < -0.39 is 12.1 Å². The Kier molecular flexibility index (Phi) is 5.21. The summed E-state index contributed by atoms with van der Waals surface area (Å²) in [6, 6.07) is 6.03. The van der Waals surface area contributed by atoms with E-state index in [0.717, 1.165) is 23.8 Å². The Hall–Kier alpha value is -2.08. The van der Waals surface area contributed by atoms with Crippen molar-refractivity contribution in [3.63, 3.8) is 0 Å². The van der Waals surface area contributed by atoms with Crippen LogP contribution in [0.25, 0.3) is 0 Å². The number of hydrogen-bond acceptors (Lipinski definition) is 4. The molecule has 5 aliphatic rings. The summed E-state index contributed by atoms with van der Waals surface area (Å²) in [5.74, 6) is 3.03. The van der Waals surface area contributed by atoms with E-state index in [4.69, 9.17) is 5.73 Å². The summed E-state index contributed by atoms with van der Waals surface area (Å²) in [6.45, 7) is 0.590. The van der Waals surface area contributed by atoms with Crippen LogP contribution in [0.3, 0.4) is 0 Å². The number of rotatable bonds is 5. The van der Waals surface area contributed by atoms with Gasteiger partial charge in [-0.25, -0.2) is 0 Å². The lowest BCUT2D eigenvalue weighted by Crippen LogP contribution is -2.59. The van der Waals surface area contributed by atoms with E-state index in [1.54, 1.807) is 23.1 Å². The Morgan fingerprint density at radius 1 is 1.13 bits per heavy atom. The second-order valence-corrected chi connectivity index (χ2v) is 10.1. The maximum absolute atomic E-state index is 13.2. The Labute approximate surface area is 178 Å². The summed E-state index contributed by atoms with van der Waals surface area (Å²) in [7, 11) is 0. The van der Waals surface area contributed by atoms with Crippen LogP contribution in [-0.4, -0.2) is 46.5 Å². The molecular weight excluding hydrogens is 378 g/mol. The fourth-order valence-electron chi connectivity index (χ4n) is 6.96. The van der Waals surface area contributed by atoms with Crippen LogP contribution in [0.4, 0.5) is 0 Å². The summed E-state index contributed by atoms with van der Waals surface area (Å²) >= 11 is 0. The largest absolute Gasteiger partial charge is 0.508 e. The fraction of sp³-hybridized carbons (Fsp3) is 0.667. The van der Waals surface area contributed by atoms with Crippen LogP contribution in [0.5, 0.6) is 5.75 Å². The molecule has 1 aromatic rings. The first-order valence-electron chi connectivity index (χ1n) is 11.6. The van der Waals surface area contributed by atoms with Gasteiger partial charge in [0.05, 0.1) is 6.04 Å². The molecule has 4 N–H and O–H groups in total. The fourth-order valence-corrected chi connectivity index (χ4v) is 6.96. The molecule has 30 heavy (non-hydrogen) atoms. The Morgan fingerprint density at radius 3 is 2.50 bits per heavy atom. The van der Waals surface area contributed by atoms with E-state index in [1.807, 2.05) is 6.07 Å². The van der Waals surface area contributed by atoms with Gasteiger partial charge in [0, 0.05) is 12.6 Å². The van der Waals surface area contributed by atoms with Gasteiger partial charge < -0.3 is 21.1 Å². The second-order valence-electron chi connectivity index (χ2n) is 10.1. The van der Waals surface area contributed by atoms with Crippen molar-refractivity contribution in [1.82, 2.24) is 10.2 Å². The molecule has 6 heteroatoms. The molecule has 1 heterocycles. The quantitative estimate of drug-likeness (QED) is 0.692. The molecule has 1 unspecified atom stereocenters. The first-order valence-corrected chi connectivity index (χ1v) is 11.6. The number of nitrogens with one attached hydrogen (secondary N) is 1. The molecule has 2 atom stereocenters. The molecule has 5 fully saturated rings. The molecule has 0 radical (unpaired) electrons. The third-order valence-electron chi connectivity index (χ3n) is 8.06. The monoisotopic (exact) mass is 411 g/mol. The number of carbonyl (C=O) groups excluding carboxylic acids is 2. The van der Waals surface area contributed by atoms with Gasteiger partial charge in [-0.05, 0) is 92.7 Å². The highest BCUT2D eigenvalue weighted by molar-refractivity contribution is 5.90. The van der Waals surface area contributed by atoms with E-state index >= 15 is 0 Å². The Balaban J connectivity index is 1.22. The molecule has 2 amide bonds. The van der Waals surface area contributed by atoms with Crippen LogP contribution >= 0.6 is 0 Å². The van der Waals surface area contributed by atoms with Gasteiger partial charge in [0.15, 0.2) is 0 Å². The van der Waals surface area contributed by atoms with Gasteiger partial charge in [0.2, 0.25) is 11.8 Å². The van der Waals surface area contributed by atoms with Crippen molar-refractivity contribution in [3.8, 4) is 5.75 Å². The number of hydrogen-bond donors (Lipinski definition) is 3. The van der Waals surface area contributed by atoms with Crippen LogP contribution in [-0.2, 0) is 16.0 Å². The van der Waals surface area contributed by atoms with Crippen molar-refractivity contribution < 1.29 is 14.7 Å². The Bertz CT molecular complexity index is 798. The van der Waals surface area contributed by atoms with Crippen LogP contribution in [0.15, 0.2) is 24.3 Å². The average molecular weight is 412 g/mol. The number of nitrogens with zero attached hydrogens (tertiary/aromatic N) is 1. The van der Waals surface area contributed by atoms with E-state index in [1.165, 1.54) is 32.1 Å². The highest BCUT2D eigenvalue weighted by atomic mass is 16.3. The number of likely N-dealkylation sites (tertiary alicyclic amines) is 1. The molecule has 162 valence electrons. The summed E-state index contributed by atoms with van der Waals surface area (Å²) < 4.78 is 0. The minimum atomic E-state index is -0.707. The van der Waals surface area contributed by atoms with Crippen LogP contribution in [0.1, 0.15) is 50.5 Å². The molecule has 4 aliphatic carbocycles. The summed E-state index contributed by atoms with van der Waals surface area (Å²) in [6.07, 6.45) is 8.36. The Morgan fingerprint density at radius 2 is 1.83 bits per heavy atom. The van der Waals surface area contributed by atoms with Crippen LogP contribution in [0, 0.1) is 23.7 Å². The van der Waals surface area contributed by atoms with Crippen LogP contribution < -0.4 is 11.1 Å². The maximum Gasteiger partial charge on any atom is 0.243 e. The van der Waals surface area contributed by atoms with Crippen molar-refractivity contribution in [2.75, 3.05) is 6.54 Å². The van der Waals surface area contributed by atoms with Crippen molar-refractivity contribution >= 4 is 11.8 Å². The highest BCUT2D eigenvalue weighted by Crippen LogP contribution is 2.53. The minimum Gasteiger partial charge on any atom is -0.508 e. The number of phenols is 1. The molecule has 4 bridgehead atoms. The third-order valence-corrected chi connectivity index (χ3v) is 8.06. The predicted octanol–water partition coefficient (Wildman–Crippen LogP) is 2.19. The summed E-state index contributed by atoms with van der Waals surface area (Å²) in [5.41, 5.74) is 7.04. The molecule has 1 saturated heterocycles. The van der Waals surface area contributed by atoms with Gasteiger partial charge in [-0.2, -0.15) is 0 Å². The normalized spacial score (nSPS) is 35.4. The number of nitrogens with two attached hydrogens (primary N) is 1. The molecule has 0 aromatic heterocycles. The third kappa shape index (κ3) is 3.70. The molecule has 4 saturated carbocycles. The van der Waals surface area contributed by atoms with Crippen LogP contribution in [0.2, 0.25) is 0 Å². The number of phenolic OH excluding ortho intramolecular Hbond substituents is 1. The van der Waals surface area contributed by atoms with Crippen molar-refractivity contribution in [2.45, 2.75) is 69.5 Å². The zero-order valence-corrected chi connectivity index (χ0v) is 17.5. The van der Waals surface area contributed by atoms with E-state index in [2.05, 4.69) is 5.32 Å². The topological polar surface area (TPSA) is 95.7 Å². The number of aromatic hydroxyl groups is 1. The lowest BCUT2D eigenvalue weighted by molar-refractivity contribution is -0.140. The molecular formula is C24H33N3O3. The van der Waals surface area contributed by atoms with Crippen molar-refractivity contribution in [2.24, 2.45) is 29.4 Å². The van der Waals surface area contributed by atoms with E-state index in [0.29, 0.717) is 37.3 Å². The standard InChI is InChI=1S/C24H33N3O3/c25-20(13-14-3-1-4-19(28)12-14)24(30)27-6-2-5-21(27)23(29)26-22-17-8-15-7-16(10-17)11-18(22)9-15/h1,3-4,12,15-18,20-22,28H,2,5-11,13,25H2,(H,26,29)/t15?,16?,17?,18?,20?,21-,22?/m1/s1. The van der Waals surface area contributed by atoms with Gasteiger partial charge in [0.25, 0.3) is 0 Å². The van der Waals surface area contributed by atoms with Gasteiger partial charge in [0.1, 0.15) is 11.8 Å².